The Bertz CT molecular complexity index is 653. The van der Waals surface area contributed by atoms with Gasteiger partial charge in [0.1, 0.15) is 5.75 Å². The minimum atomic E-state index is 0.641. The van der Waals surface area contributed by atoms with E-state index in [1.54, 1.807) is 25.5 Å². The highest BCUT2D eigenvalue weighted by Gasteiger charge is 2.05. The molecule has 1 heterocycles. The summed E-state index contributed by atoms with van der Waals surface area (Å²) in [4.78, 5) is 10.8. The molecule has 0 radical (unpaired) electrons. The van der Waals surface area contributed by atoms with E-state index >= 15 is 0 Å². The van der Waals surface area contributed by atoms with Gasteiger partial charge in [0.25, 0.3) is 0 Å². The van der Waals surface area contributed by atoms with E-state index in [-0.39, 0.29) is 0 Å². The molecule has 0 unspecified atom stereocenters. The van der Waals surface area contributed by atoms with Crippen LogP contribution < -0.4 is 20.3 Å². The average Bonchev–Trinajstić information content (AvgIpc) is 3.04. The van der Waals surface area contributed by atoms with Crippen LogP contribution in [0, 0.1) is 0 Å². The first kappa shape index (κ1) is 17.1. The van der Waals surface area contributed by atoms with E-state index in [2.05, 4.69) is 26.0 Å². The van der Waals surface area contributed by atoms with Gasteiger partial charge in [-0.1, -0.05) is 12.1 Å². The number of aliphatic imine (C=N–C) groups is 1. The molecule has 7 heteroatoms. The SMILES string of the molecule is CN=C(NCc1cccc(OC)c1)NCc1csc(N(C)C)n1. The second-order valence-electron chi connectivity index (χ2n) is 5.15. The van der Waals surface area contributed by atoms with Gasteiger partial charge in [0.05, 0.1) is 19.3 Å². The van der Waals surface area contributed by atoms with Crippen molar-refractivity contribution in [2.24, 2.45) is 4.99 Å². The molecular formula is C16H23N5OS. The third kappa shape index (κ3) is 5.14. The zero-order valence-electron chi connectivity index (χ0n) is 14.0. The van der Waals surface area contributed by atoms with Crippen molar-refractivity contribution < 1.29 is 4.74 Å². The number of nitrogens with zero attached hydrogens (tertiary/aromatic N) is 3. The molecule has 0 atom stereocenters. The fourth-order valence-electron chi connectivity index (χ4n) is 1.95. The first-order chi connectivity index (χ1) is 11.1. The van der Waals surface area contributed by atoms with Gasteiger partial charge in [-0.05, 0) is 17.7 Å². The van der Waals surface area contributed by atoms with Crippen molar-refractivity contribution in [1.29, 1.82) is 0 Å². The Kier molecular flexibility index (Phi) is 6.22. The predicted octanol–water partition coefficient (Wildman–Crippen LogP) is 2.08. The van der Waals surface area contributed by atoms with Crippen molar-refractivity contribution in [3.05, 3.63) is 40.9 Å². The number of methoxy groups -OCH3 is 1. The highest BCUT2D eigenvalue weighted by Crippen LogP contribution is 2.17. The maximum Gasteiger partial charge on any atom is 0.191 e. The van der Waals surface area contributed by atoms with Gasteiger partial charge in [-0.3, -0.25) is 4.99 Å². The Labute approximate surface area is 141 Å². The maximum atomic E-state index is 5.23. The quantitative estimate of drug-likeness (QED) is 0.626. The van der Waals surface area contributed by atoms with Gasteiger partial charge in [0.15, 0.2) is 11.1 Å². The van der Waals surface area contributed by atoms with Crippen LogP contribution in [-0.2, 0) is 13.1 Å². The molecule has 0 aliphatic rings. The van der Waals surface area contributed by atoms with Crippen molar-refractivity contribution >= 4 is 22.4 Å². The molecule has 2 rings (SSSR count). The molecule has 23 heavy (non-hydrogen) atoms. The second-order valence-corrected chi connectivity index (χ2v) is 5.98. The number of benzene rings is 1. The van der Waals surface area contributed by atoms with Gasteiger partial charge in [-0.25, -0.2) is 4.98 Å². The van der Waals surface area contributed by atoms with Crippen molar-refractivity contribution in [3.63, 3.8) is 0 Å². The molecule has 1 aromatic carbocycles. The number of rotatable bonds is 6. The minimum Gasteiger partial charge on any atom is -0.497 e. The maximum absolute atomic E-state index is 5.23. The molecule has 6 nitrogen and oxygen atoms in total. The molecule has 2 N–H and O–H groups in total. The average molecular weight is 333 g/mol. The summed E-state index contributed by atoms with van der Waals surface area (Å²) in [5.74, 6) is 1.60. The molecule has 0 saturated heterocycles. The number of aromatic nitrogens is 1. The third-order valence-corrected chi connectivity index (χ3v) is 4.23. The molecule has 124 valence electrons. The fraction of sp³-hybridized carbons (Fsp3) is 0.375. The van der Waals surface area contributed by atoms with Gasteiger partial charge >= 0.3 is 0 Å². The van der Waals surface area contributed by atoms with Crippen LogP contribution in [-0.4, -0.2) is 39.2 Å². The number of hydrogen-bond acceptors (Lipinski definition) is 5. The van der Waals surface area contributed by atoms with Gasteiger partial charge in [0, 0.05) is 33.1 Å². The summed E-state index contributed by atoms with van der Waals surface area (Å²) in [5.41, 5.74) is 2.14. The number of anilines is 1. The molecule has 0 aliphatic heterocycles. The van der Waals surface area contributed by atoms with E-state index in [4.69, 9.17) is 4.74 Å². The normalized spacial score (nSPS) is 11.2. The number of thiazole rings is 1. The summed E-state index contributed by atoms with van der Waals surface area (Å²) in [6, 6.07) is 7.96. The Balaban J connectivity index is 1.85. The van der Waals surface area contributed by atoms with Crippen molar-refractivity contribution in [2.75, 3.05) is 33.2 Å². The first-order valence-electron chi connectivity index (χ1n) is 7.31. The molecular weight excluding hydrogens is 310 g/mol. The van der Waals surface area contributed by atoms with Crippen LogP contribution in [0.5, 0.6) is 5.75 Å². The first-order valence-corrected chi connectivity index (χ1v) is 8.19. The van der Waals surface area contributed by atoms with Crippen molar-refractivity contribution in [3.8, 4) is 5.75 Å². The number of nitrogens with one attached hydrogen (secondary N) is 2. The van der Waals surface area contributed by atoms with Crippen LogP contribution in [0.3, 0.4) is 0 Å². The van der Waals surface area contributed by atoms with Gasteiger partial charge < -0.3 is 20.3 Å². The zero-order valence-corrected chi connectivity index (χ0v) is 14.8. The van der Waals surface area contributed by atoms with E-state index in [0.29, 0.717) is 13.1 Å². The fourth-order valence-corrected chi connectivity index (χ4v) is 2.70. The third-order valence-electron chi connectivity index (χ3n) is 3.18. The Morgan fingerprint density at radius 3 is 2.74 bits per heavy atom. The van der Waals surface area contributed by atoms with Crippen LogP contribution in [0.2, 0.25) is 0 Å². The summed E-state index contributed by atoms with van der Waals surface area (Å²) < 4.78 is 5.23. The number of guanidine groups is 1. The molecule has 0 fully saturated rings. The standard InChI is InChI=1S/C16H23N5OS/c1-17-15(18-9-12-6-5-7-14(8-12)22-4)19-10-13-11-23-16(20-13)21(2)3/h5-8,11H,9-10H2,1-4H3,(H2,17,18,19). The molecule has 1 aromatic heterocycles. The lowest BCUT2D eigenvalue weighted by molar-refractivity contribution is 0.414. The second kappa shape index (κ2) is 8.38. The summed E-state index contributed by atoms with van der Waals surface area (Å²) in [6.45, 7) is 1.32. The largest absolute Gasteiger partial charge is 0.497 e. The molecule has 0 saturated carbocycles. The summed E-state index contributed by atoms with van der Waals surface area (Å²) >= 11 is 1.63. The monoisotopic (exact) mass is 333 g/mol. The highest BCUT2D eigenvalue weighted by atomic mass is 32.1. The van der Waals surface area contributed by atoms with E-state index < -0.39 is 0 Å². The lowest BCUT2D eigenvalue weighted by atomic mass is 10.2. The molecule has 0 aliphatic carbocycles. The van der Waals surface area contributed by atoms with E-state index in [1.165, 1.54) is 0 Å². The van der Waals surface area contributed by atoms with Crippen LogP contribution in [0.15, 0.2) is 34.6 Å². The predicted molar refractivity (Wildman–Crippen MR) is 96.5 cm³/mol. The van der Waals surface area contributed by atoms with Crippen molar-refractivity contribution in [2.45, 2.75) is 13.1 Å². The zero-order chi connectivity index (χ0) is 16.7. The van der Waals surface area contributed by atoms with Crippen LogP contribution >= 0.6 is 11.3 Å². The lowest BCUT2D eigenvalue weighted by Crippen LogP contribution is -2.36. The molecule has 2 aromatic rings. The summed E-state index contributed by atoms with van der Waals surface area (Å²) in [6.07, 6.45) is 0. The molecule has 0 bridgehead atoms. The summed E-state index contributed by atoms with van der Waals surface area (Å²) in [5, 5.41) is 9.61. The van der Waals surface area contributed by atoms with Crippen molar-refractivity contribution in [1.82, 2.24) is 15.6 Å². The van der Waals surface area contributed by atoms with E-state index in [0.717, 1.165) is 28.1 Å². The van der Waals surface area contributed by atoms with Gasteiger partial charge in [-0.2, -0.15) is 0 Å². The number of hydrogen-bond donors (Lipinski definition) is 2. The molecule has 0 spiro atoms. The smallest absolute Gasteiger partial charge is 0.191 e. The van der Waals surface area contributed by atoms with E-state index in [1.807, 2.05) is 43.3 Å². The minimum absolute atomic E-state index is 0.641. The Morgan fingerprint density at radius 2 is 2.09 bits per heavy atom. The highest BCUT2D eigenvalue weighted by molar-refractivity contribution is 7.13. The van der Waals surface area contributed by atoms with Crippen LogP contribution in [0.1, 0.15) is 11.3 Å². The van der Waals surface area contributed by atoms with Gasteiger partial charge in [-0.15, -0.1) is 11.3 Å². The van der Waals surface area contributed by atoms with E-state index in [9.17, 15) is 0 Å². The lowest BCUT2D eigenvalue weighted by Gasteiger charge is -2.12. The van der Waals surface area contributed by atoms with Gasteiger partial charge in [0.2, 0.25) is 0 Å². The van der Waals surface area contributed by atoms with Crippen LogP contribution in [0.25, 0.3) is 0 Å². The Hall–Kier alpha value is -2.28. The Morgan fingerprint density at radius 1 is 1.30 bits per heavy atom. The molecule has 0 amide bonds. The number of ether oxygens (including phenoxy) is 1. The van der Waals surface area contributed by atoms with Crippen LogP contribution in [0.4, 0.5) is 5.13 Å². The topological polar surface area (TPSA) is 61.8 Å². The summed E-state index contributed by atoms with van der Waals surface area (Å²) in [7, 11) is 7.41.